The molecule has 0 radical (unpaired) electrons. The molecule has 8 heteroatoms. The second kappa shape index (κ2) is 12.7. The highest BCUT2D eigenvalue weighted by molar-refractivity contribution is 6.99. The summed E-state index contributed by atoms with van der Waals surface area (Å²) in [5.74, 6) is 0.725. The Morgan fingerprint density at radius 3 is 1.86 bits per heavy atom. The number of carbonyl (C=O) groups is 1. The first-order valence-corrected chi connectivity index (χ1v) is 16.9. The summed E-state index contributed by atoms with van der Waals surface area (Å²) in [6.45, 7) is 9.79. The quantitative estimate of drug-likeness (QED) is 0.228. The van der Waals surface area contributed by atoms with Crippen LogP contribution >= 0.6 is 0 Å². The third kappa shape index (κ3) is 6.39. The smallest absolute Gasteiger partial charge is 0.346 e. The predicted octanol–water partition coefficient (Wildman–Crippen LogP) is 3.58. The van der Waals surface area contributed by atoms with Crippen LogP contribution in [0.5, 0.6) is 0 Å². The number of carbonyl (C=O) groups excluding carboxylic acids is 1. The molecule has 7 nitrogen and oxygen atoms in total. The monoisotopic (exact) mass is 585 g/mol. The van der Waals surface area contributed by atoms with Crippen LogP contribution in [-0.2, 0) is 9.16 Å². The van der Waals surface area contributed by atoms with Crippen molar-refractivity contribution in [1.82, 2.24) is 10.6 Å². The lowest BCUT2D eigenvalue weighted by molar-refractivity contribution is -0.542. The first-order valence-electron chi connectivity index (χ1n) is 15.0. The van der Waals surface area contributed by atoms with Crippen LogP contribution in [0.2, 0.25) is 5.04 Å². The zero-order valence-electron chi connectivity index (χ0n) is 25.6. The van der Waals surface area contributed by atoms with E-state index in [2.05, 4.69) is 96.6 Å². The van der Waals surface area contributed by atoms with Gasteiger partial charge in [-0.05, 0) is 39.7 Å². The van der Waals surface area contributed by atoms with Gasteiger partial charge in [0.1, 0.15) is 12.6 Å². The largest absolute Gasteiger partial charge is 0.458 e. The molecule has 3 aromatic carbocycles. The van der Waals surface area contributed by atoms with Gasteiger partial charge in [-0.15, -0.1) is 0 Å². The van der Waals surface area contributed by atoms with E-state index in [-0.39, 0.29) is 23.1 Å². The summed E-state index contributed by atoms with van der Waals surface area (Å²) in [6.07, 6.45) is 1.92. The molecule has 0 spiro atoms. The molecule has 2 N–H and O–H groups in total. The number of hydrogen-bond donors (Lipinski definition) is 2. The van der Waals surface area contributed by atoms with E-state index in [1.54, 1.807) is 0 Å². The molecule has 3 aromatic rings. The summed E-state index contributed by atoms with van der Waals surface area (Å²) in [6, 6.07) is 29.4. The molecule has 2 aliphatic heterocycles. The average molecular weight is 586 g/mol. The molecule has 0 bridgehead atoms. The van der Waals surface area contributed by atoms with Gasteiger partial charge in [0.05, 0.1) is 31.3 Å². The fourth-order valence-electron chi connectivity index (χ4n) is 6.11. The van der Waals surface area contributed by atoms with Crippen molar-refractivity contribution >= 4 is 36.3 Å². The van der Waals surface area contributed by atoms with Gasteiger partial charge in [0.2, 0.25) is 0 Å². The van der Waals surface area contributed by atoms with Crippen LogP contribution in [-0.4, -0.2) is 77.3 Å². The molecule has 0 saturated carbocycles. The number of nitrogens with one attached hydrogen (secondary N) is 2. The van der Waals surface area contributed by atoms with E-state index >= 15 is 0 Å². The first kappa shape index (κ1) is 29.9. The summed E-state index contributed by atoms with van der Waals surface area (Å²) < 4.78 is 15.3. The molecule has 2 atom stereocenters. The van der Waals surface area contributed by atoms with Crippen molar-refractivity contribution in [1.29, 1.82) is 0 Å². The summed E-state index contributed by atoms with van der Waals surface area (Å²) in [5.41, 5.74) is 1.62. The van der Waals surface area contributed by atoms with Crippen LogP contribution in [0.3, 0.4) is 0 Å². The molecule has 42 heavy (non-hydrogen) atoms. The van der Waals surface area contributed by atoms with E-state index in [1.807, 2.05) is 43.3 Å². The highest BCUT2D eigenvalue weighted by Gasteiger charge is 2.50. The SMILES string of the molecule is CN(C)c1ccc(C(=O)OCC2CC[N+]3=C(N2)NC(CO[Si](c2ccccc2)(c2ccccc2)C(C)(C)C)CC3)cc1. The second-order valence-corrected chi connectivity index (χ2v) is 16.9. The van der Waals surface area contributed by atoms with Crippen molar-refractivity contribution in [3.63, 3.8) is 0 Å². The van der Waals surface area contributed by atoms with Crippen LogP contribution < -0.4 is 25.9 Å². The Morgan fingerprint density at radius 2 is 1.36 bits per heavy atom. The number of benzene rings is 3. The number of guanidine groups is 1. The van der Waals surface area contributed by atoms with Crippen molar-refractivity contribution in [2.45, 2.75) is 50.7 Å². The Kier molecular flexibility index (Phi) is 9.04. The van der Waals surface area contributed by atoms with Gasteiger partial charge in [-0.2, -0.15) is 0 Å². The van der Waals surface area contributed by atoms with Crippen molar-refractivity contribution in [2.75, 3.05) is 45.3 Å². The minimum absolute atomic E-state index is 0.0603. The van der Waals surface area contributed by atoms with Crippen molar-refractivity contribution in [3.05, 3.63) is 90.5 Å². The Morgan fingerprint density at radius 1 is 0.833 bits per heavy atom. The van der Waals surface area contributed by atoms with Gasteiger partial charge in [-0.25, -0.2) is 4.79 Å². The zero-order valence-corrected chi connectivity index (χ0v) is 26.6. The Labute approximate surface area is 251 Å². The van der Waals surface area contributed by atoms with Gasteiger partial charge in [0.15, 0.2) is 0 Å². The second-order valence-electron chi connectivity index (χ2n) is 12.6. The van der Waals surface area contributed by atoms with Crippen LogP contribution in [0.4, 0.5) is 5.69 Å². The summed E-state index contributed by atoms with van der Waals surface area (Å²) in [4.78, 5) is 14.7. The van der Waals surface area contributed by atoms with Crippen molar-refractivity contribution in [3.8, 4) is 0 Å². The maximum Gasteiger partial charge on any atom is 0.346 e. The lowest BCUT2D eigenvalue weighted by atomic mass is 10.1. The molecule has 2 aliphatic rings. The zero-order chi connectivity index (χ0) is 29.7. The number of nitrogens with zero attached hydrogens (tertiary/aromatic N) is 2. The van der Waals surface area contributed by atoms with Crippen molar-refractivity contribution in [2.24, 2.45) is 0 Å². The highest BCUT2D eigenvalue weighted by atomic mass is 28.4. The Bertz CT molecular complexity index is 1330. The molecular weight excluding hydrogens is 540 g/mol. The van der Waals surface area contributed by atoms with Crippen LogP contribution in [0, 0.1) is 0 Å². The van der Waals surface area contributed by atoms with Gasteiger partial charge in [0.25, 0.3) is 8.32 Å². The van der Waals surface area contributed by atoms with Crippen LogP contribution in [0.1, 0.15) is 44.0 Å². The van der Waals surface area contributed by atoms with Crippen molar-refractivity contribution < 1.29 is 18.5 Å². The highest BCUT2D eigenvalue weighted by Crippen LogP contribution is 2.37. The van der Waals surface area contributed by atoms with E-state index < -0.39 is 8.32 Å². The number of anilines is 1. The molecule has 2 unspecified atom stereocenters. The van der Waals surface area contributed by atoms with Gasteiger partial charge in [0, 0.05) is 32.6 Å². The normalized spacial score (nSPS) is 18.9. The molecule has 0 aromatic heterocycles. The molecule has 0 amide bonds. The van der Waals surface area contributed by atoms with E-state index in [4.69, 9.17) is 9.16 Å². The van der Waals surface area contributed by atoms with E-state index in [0.717, 1.165) is 37.6 Å². The minimum Gasteiger partial charge on any atom is -0.458 e. The van der Waals surface area contributed by atoms with Gasteiger partial charge < -0.3 is 14.1 Å². The topological polar surface area (TPSA) is 65.8 Å². The first-order chi connectivity index (χ1) is 20.2. The number of esters is 1. The lowest BCUT2D eigenvalue weighted by Crippen LogP contribution is -2.68. The van der Waals surface area contributed by atoms with E-state index in [9.17, 15) is 4.79 Å². The summed E-state index contributed by atoms with van der Waals surface area (Å²) in [5, 5.41) is 9.87. The number of hydrogen-bond acceptors (Lipinski definition) is 6. The van der Waals surface area contributed by atoms with E-state index in [1.165, 1.54) is 10.4 Å². The summed E-state index contributed by atoms with van der Waals surface area (Å²) >= 11 is 0. The predicted molar refractivity (Wildman–Crippen MR) is 173 cm³/mol. The molecule has 0 saturated heterocycles. The fourth-order valence-corrected chi connectivity index (χ4v) is 10.7. The molecule has 5 rings (SSSR count). The molecule has 0 fully saturated rings. The minimum atomic E-state index is -2.60. The number of rotatable bonds is 9. The maximum atomic E-state index is 12.7. The molecule has 222 valence electrons. The van der Waals surface area contributed by atoms with E-state index in [0.29, 0.717) is 18.8 Å². The number of ether oxygens (including phenoxy) is 1. The van der Waals surface area contributed by atoms with Gasteiger partial charge in [-0.1, -0.05) is 81.4 Å². The van der Waals surface area contributed by atoms with Gasteiger partial charge >= 0.3 is 11.9 Å². The Hall–Kier alpha value is -3.62. The third-order valence-corrected chi connectivity index (χ3v) is 13.5. The van der Waals surface area contributed by atoms with Gasteiger partial charge in [-0.3, -0.25) is 15.2 Å². The standard InChI is InChI=1S/C34H44N4O3Si/c1-34(2,3)42(30-12-8-6-9-13-30,31-14-10-7-11-15-31)41-25-28-21-23-38-22-20-27(35-33(38)36-28)24-40-32(39)26-16-18-29(19-17-26)37(4)5/h6-19,27-28H,20-25H2,1-5H3,(H,35,36)/p+1. The molecule has 0 aliphatic carbocycles. The third-order valence-electron chi connectivity index (χ3n) is 8.45. The summed E-state index contributed by atoms with van der Waals surface area (Å²) in [7, 11) is 1.36. The van der Waals surface area contributed by atoms with Crippen LogP contribution in [0.25, 0.3) is 0 Å². The van der Waals surface area contributed by atoms with Crippen LogP contribution in [0.15, 0.2) is 84.9 Å². The Balaban J connectivity index is 1.24. The molecular formula is C34H45N4O3Si+. The fraction of sp³-hybridized carbons (Fsp3) is 0.412. The lowest BCUT2D eigenvalue weighted by Gasteiger charge is -2.44. The maximum absolute atomic E-state index is 12.7. The average Bonchev–Trinajstić information content (AvgIpc) is 3.00. The molecule has 2 heterocycles.